The third-order valence-corrected chi connectivity index (χ3v) is 8.03. The number of hydrogen-bond acceptors (Lipinski definition) is 8. The van der Waals surface area contributed by atoms with Crippen molar-refractivity contribution in [3.63, 3.8) is 0 Å². The van der Waals surface area contributed by atoms with Crippen LogP contribution < -0.4 is 25.0 Å². The van der Waals surface area contributed by atoms with Gasteiger partial charge < -0.3 is 20.3 Å². The van der Waals surface area contributed by atoms with Crippen molar-refractivity contribution in [1.82, 2.24) is 19.6 Å². The molecule has 1 aromatic heterocycles. The molecule has 3 atom stereocenters. The van der Waals surface area contributed by atoms with Crippen LogP contribution in [0.1, 0.15) is 45.1 Å². The number of aromatic nitrogens is 2. The molecule has 0 amide bonds. The molecule has 1 aromatic carbocycles. The second kappa shape index (κ2) is 13.1. The molecule has 4 rings (SSSR count). The molecule has 1 aliphatic carbocycles. The van der Waals surface area contributed by atoms with Gasteiger partial charge in [-0.05, 0) is 49.9 Å². The lowest BCUT2D eigenvalue weighted by molar-refractivity contribution is 0.292. The van der Waals surface area contributed by atoms with Gasteiger partial charge in [-0.3, -0.25) is 9.45 Å². The van der Waals surface area contributed by atoms with E-state index in [1.54, 1.807) is 13.3 Å². The van der Waals surface area contributed by atoms with Crippen molar-refractivity contribution in [2.45, 2.75) is 52.1 Å². The summed E-state index contributed by atoms with van der Waals surface area (Å²) in [5.41, 5.74) is 3.22. The molecule has 2 aliphatic rings. The fraction of sp³-hybridized carbons (Fsp3) is 0.600. The Morgan fingerprint density at radius 2 is 2.03 bits per heavy atom. The number of likely N-dealkylation sites (N-methyl/N-ethyl adjacent to an activating group) is 2. The fourth-order valence-corrected chi connectivity index (χ4v) is 5.75. The quantitative estimate of drug-likeness (QED) is 0.322. The van der Waals surface area contributed by atoms with E-state index in [0.717, 1.165) is 69.8 Å². The second-order valence-electron chi connectivity index (χ2n) is 9.54. The summed E-state index contributed by atoms with van der Waals surface area (Å²) < 4.78 is 28.7. The number of nitrogens with one attached hydrogen (secondary N) is 3. The van der Waals surface area contributed by atoms with Crippen LogP contribution in [0, 0.1) is 5.92 Å². The van der Waals surface area contributed by atoms with Gasteiger partial charge in [0.05, 0.1) is 19.0 Å². The minimum atomic E-state index is -2.03. The first-order chi connectivity index (χ1) is 17.9. The van der Waals surface area contributed by atoms with E-state index in [4.69, 9.17) is 20.9 Å². The zero-order chi connectivity index (χ0) is 26.4. The summed E-state index contributed by atoms with van der Waals surface area (Å²) in [6.07, 6.45) is 5.67. The molecule has 2 heterocycles. The second-order valence-corrected chi connectivity index (χ2v) is 10.7. The standard InChI is InChI=1S/C25H38ClN7O3S/c1-4-32-10-11-33(5-2)22-13-21(23(36-3)12-18(22)16-32)30-25-27-15-19(26)24(31-25)29-20-9-7-6-8-17(20)14-28-37(34)35/h12-13,15,17,20,28H,4-11,14,16H2,1-3H3,(H,34,35)(H2,27,29,30,31)/t17-,20-/m1/s1. The Kier molecular flexibility index (Phi) is 9.83. The third kappa shape index (κ3) is 7.02. The van der Waals surface area contributed by atoms with Crippen molar-refractivity contribution < 1.29 is 13.5 Å². The Bertz CT molecular complexity index is 1090. The van der Waals surface area contributed by atoms with E-state index in [2.05, 4.69) is 61.1 Å². The van der Waals surface area contributed by atoms with Crippen LogP contribution in [-0.4, -0.2) is 69.5 Å². The molecule has 0 saturated heterocycles. The summed E-state index contributed by atoms with van der Waals surface area (Å²) in [4.78, 5) is 13.9. The van der Waals surface area contributed by atoms with Crippen LogP contribution in [0.2, 0.25) is 5.02 Å². The van der Waals surface area contributed by atoms with Gasteiger partial charge in [0.1, 0.15) is 10.8 Å². The molecule has 4 N–H and O–H groups in total. The third-order valence-electron chi connectivity index (χ3n) is 7.34. The number of methoxy groups -OCH3 is 1. The lowest BCUT2D eigenvalue weighted by Gasteiger charge is -2.32. The van der Waals surface area contributed by atoms with Crippen molar-refractivity contribution in [2.24, 2.45) is 5.92 Å². The van der Waals surface area contributed by atoms with Crippen molar-refractivity contribution in [2.75, 3.05) is 55.4 Å². The molecular weight excluding hydrogens is 514 g/mol. The van der Waals surface area contributed by atoms with E-state index in [-0.39, 0.29) is 12.0 Å². The molecule has 2 aromatic rings. The van der Waals surface area contributed by atoms with Gasteiger partial charge >= 0.3 is 0 Å². The van der Waals surface area contributed by atoms with Gasteiger partial charge in [-0.25, -0.2) is 13.9 Å². The number of fused-ring (bicyclic) bond motifs is 1. The Morgan fingerprint density at radius 3 is 2.76 bits per heavy atom. The Balaban J connectivity index is 1.57. The van der Waals surface area contributed by atoms with E-state index < -0.39 is 11.3 Å². The Morgan fingerprint density at radius 1 is 1.22 bits per heavy atom. The Labute approximate surface area is 226 Å². The monoisotopic (exact) mass is 551 g/mol. The smallest absolute Gasteiger partial charge is 0.231 e. The molecule has 12 heteroatoms. The van der Waals surface area contributed by atoms with Crippen LogP contribution in [0.5, 0.6) is 5.75 Å². The molecule has 1 aliphatic heterocycles. The van der Waals surface area contributed by atoms with Crippen molar-refractivity contribution >= 4 is 46.0 Å². The summed E-state index contributed by atoms with van der Waals surface area (Å²) in [6, 6.07) is 4.32. The summed E-state index contributed by atoms with van der Waals surface area (Å²) in [5.74, 6) is 1.89. The predicted molar refractivity (Wildman–Crippen MR) is 150 cm³/mol. The molecule has 10 nitrogen and oxygen atoms in total. The van der Waals surface area contributed by atoms with E-state index >= 15 is 0 Å². The van der Waals surface area contributed by atoms with Gasteiger partial charge in [-0.15, -0.1) is 0 Å². The molecule has 1 unspecified atom stereocenters. The number of anilines is 4. The van der Waals surface area contributed by atoms with Gasteiger partial charge in [-0.1, -0.05) is 31.4 Å². The minimum Gasteiger partial charge on any atom is -0.495 e. The zero-order valence-electron chi connectivity index (χ0n) is 21.8. The number of rotatable bonds is 10. The summed E-state index contributed by atoms with van der Waals surface area (Å²) in [6.45, 7) is 9.61. The summed E-state index contributed by atoms with van der Waals surface area (Å²) in [5, 5.41) is 7.25. The van der Waals surface area contributed by atoms with Crippen LogP contribution in [0.3, 0.4) is 0 Å². The SMILES string of the molecule is CCN1CCN(CC)c2cc(Nc3ncc(Cl)c(N[C@@H]4CCCC[C@@H]4CNS(=O)O)n3)c(OC)cc2C1. The topological polar surface area (TPSA) is 115 Å². The number of hydrogen-bond donors (Lipinski definition) is 4. The molecule has 1 fully saturated rings. The summed E-state index contributed by atoms with van der Waals surface area (Å²) >= 11 is 4.45. The number of halogens is 1. The molecule has 204 valence electrons. The highest BCUT2D eigenvalue weighted by Gasteiger charge is 2.27. The number of benzene rings is 1. The average Bonchev–Trinajstić information content (AvgIpc) is 3.08. The van der Waals surface area contributed by atoms with Crippen LogP contribution in [0.4, 0.5) is 23.1 Å². The molecule has 37 heavy (non-hydrogen) atoms. The van der Waals surface area contributed by atoms with Gasteiger partial charge in [0.25, 0.3) is 0 Å². The highest BCUT2D eigenvalue weighted by Crippen LogP contribution is 2.37. The van der Waals surface area contributed by atoms with Gasteiger partial charge in [0.2, 0.25) is 17.2 Å². The first-order valence-electron chi connectivity index (χ1n) is 13.0. The zero-order valence-corrected chi connectivity index (χ0v) is 23.4. The van der Waals surface area contributed by atoms with E-state index in [1.807, 2.05) is 0 Å². The van der Waals surface area contributed by atoms with Gasteiger partial charge in [0.15, 0.2) is 5.82 Å². The fourth-order valence-electron chi connectivity index (χ4n) is 5.24. The normalized spacial score (nSPS) is 21.2. The van der Waals surface area contributed by atoms with E-state index in [9.17, 15) is 4.21 Å². The van der Waals surface area contributed by atoms with Crippen LogP contribution in [0.25, 0.3) is 0 Å². The van der Waals surface area contributed by atoms with E-state index in [0.29, 0.717) is 23.3 Å². The number of ether oxygens (including phenoxy) is 1. The van der Waals surface area contributed by atoms with Gasteiger partial charge in [0, 0.05) is 44.5 Å². The van der Waals surface area contributed by atoms with Crippen molar-refractivity contribution in [3.8, 4) is 5.75 Å². The lowest BCUT2D eigenvalue weighted by Crippen LogP contribution is -2.39. The lowest BCUT2D eigenvalue weighted by atomic mass is 9.84. The Hall–Kier alpha value is -2.18. The van der Waals surface area contributed by atoms with E-state index in [1.165, 1.54) is 11.3 Å². The molecular formula is C25H38ClN7O3S. The van der Waals surface area contributed by atoms with Crippen LogP contribution >= 0.6 is 11.6 Å². The largest absolute Gasteiger partial charge is 0.495 e. The minimum absolute atomic E-state index is 0.0895. The first kappa shape index (κ1) is 27.8. The van der Waals surface area contributed by atoms with Gasteiger partial charge in [-0.2, -0.15) is 4.98 Å². The molecule has 0 radical (unpaired) electrons. The van der Waals surface area contributed by atoms with Crippen LogP contribution in [0.15, 0.2) is 18.3 Å². The van der Waals surface area contributed by atoms with Crippen LogP contribution in [-0.2, 0) is 17.8 Å². The maximum absolute atomic E-state index is 11.1. The highest BCUT2D eigenvalue weighted by molar-refractivity contribution is 7.77. The van der Waals surface area contributed by atoms with Crippen molar-refractivity contribution in [3.05, 3.63) is 28.9 Å². The highest BCUT2D eigenvalue weighted by atomic mass is 35.5. The average molecular weight is 552 g/mol. The maximum Gasteiger partial charge on any atom is 0.231 e. The summed E-state index contributed by atoms with van der Waals surface area (Å²) in [7, 11) is 1.67. The number of nitrogens with zero attached hydrogens (tertiary/aromatic N) is 4. The van der Waals surface area contributed by atoms with Crippen molar-refractivity contribution in [1.29, 1.82) is 0 Å². The first-order valence-corrected chi connectivity index (χ1v) is 14.5. The molecule has 0 bridgehead atoms. The maximum atomic E-state index is 11.1. The molecule has 0 spiro atoms. The predicted octanol–water partition coefficient (Wildman–Crippen LogP) is 4.24. The molecule has 1 saturated carbocycles.